The second kappa shape index (κ2) is 4.21. The molecule has 1 fully saturated rings. The summed E-state index contributed by atoms with van der Waals surface area (Å²) in [5, 5.41) is 9.59. The van der Waals surface area contributed by atoms with Gasteiger partial charge in [0.1, 0.15) is 0 Å². The van der Waals surface area contributed by atoms with Crippen LogP contribution < -0.4 is 5.73 Å². The quantitative estimate of drug-likeness (QED) is 0.719. The molecule has 1 heterocycles. The maximum absolute atomic E-state index is 9.59. The van der Waals surface area contributed by atoms with E-state index in [0.29, 0.717) is 0 Å². The smallest absolute Gasteiger partial charge is 0.0529 e. The summed E-state index contributed by atoms with van der Waals surface area (Å²) in [5.74, 6) is 0. The van der Waals surface area contributed by atoms with Crippen molar-refractivity contribution in [3.63, 3.8) is 0 Å². The monoisotopic (exact) mass is 207 g/mol. The van der Waals surface area contributed by atoms with Crippen molar-refractivity contribution >= 4 is 5.69 Å². The van der Waals surface area contributed by atoms with Crippen molar-refractivity contribution in [2.24, 2.45) is 0 Å². The molecule has 0 spiro atoms. The van der Waals surface area contributed by atoms with Gasteiger partial charge in [0.25, 0.3) is 0 Å². The van der Waals surface area contributed by atoms with Gasteiger partial charge in [-0.3, -0.25) is 0 Å². The van der Waals surface area contributed by atoms with Gasteiger partial charge in [0.2, 0.25) is 0 Å². The second-order valence-corrected chi connectivity index (χ2v) is 4.18. The third-order valence-electron chi connectivity index (χ3n) is 3.25. The highest BCUT2D eigenvalue weighted by Crippen LogP contribution is 2.34. The standard InChI is InChI=1S/C12H17NO2/c13-11-3-1-2-10(8-11)12(9-14)4-6-15-7-5-12/h1-3,8,14H,4-7,9,13H2. The molecule has 3 heteroatoms. The number of nitrogens with two attached hydrogens (primary N) is 1. The molecule has 1 aromatic rings. The average Bonchev–Trinajstić information content (AvgIpc) is 2.30. The first-order chi connectivity index (χ1) is 7.27. The van der Waals surface area contributed by atoms with Crippen molar-refractivity contribution < 1.29 is 9.84 Å². The van der Waals surface area contributed by atoms with Crippen molar-refractivity contribution in [1.82, 2.24) is 0 Å². The Bertz CT molecular complexity index is 332. The van der Waals surface area contributed by atoms with Crippen LogP contribution in [0.25, 0.3) is 0 Å². The molecular formula is C12H17NO2. The summed E-state index contributed by atoms with van der Waals surface area (Å²) in [5.41, 5.74) is 7.51. The predicted octanol–water partition coefficient (Wildman–Crippen LogP) is 1.31. The van der Waals surface area contributed by atoms with Crippen LogP contribution in [-0.4, -0.2) is 24.9 Å². The zero-order valence-corrected chi connectivity index (χ0v) is 8.78. The van der Waals surface area contributed by atoms with Gasteiger partial charge in [-0.2, -0.15) is 0 Å². The van der Waals surface area contributed by atoms with E-state index in [1.165, 1.54) is 0 Å². The SMILES string of the molecule is Nc1cccc(C2(CO)CCOCC2)c1. The number of hydrogen-bond donors (Lipinski definition) is 2. The lowest BCUT2D eigenvalue weighted by molar-refractivity contribution is 0.0253. The van der Waals surface area contributed by atoms with E-state index in [2.05, 4.69) is 0 Å². The van der Waals surface area contributed by atoms with Crippen LogP contribution in [0.1, 0.15) is 18.4 Å². The zero-order chi connectivity index (χ0) is 10.7. The number of nitrogen functional groups attached to an aromatic ring is 1. The summed E-state index contributed by atoms with van der Waals surface area (Å²) in [4.78, 5) is 0. The molecule has 0 unspecified atom stereocenters. The van der Waals surface area contributed by atoms with Gasteiger partial charge in [0, 0.05) is 24.3 Å². The van der Waals surface area contributed by atoms with Crippen molar-refractivity contribution in [3.8, 4) is 0 Å². The summed E-state index contributed by atoms with van der Waals surface area (Å²) < 4.78 is 5.34. The van der Waals surface area contributed by atoms with Gasteiger partial charge in [0.05, 0.1) is 6.61 Å². The molecule has 0 aromatic heterocycles. The minimum Gasteiger partial charge on any atom is -0.399 e. The van der Waals surface area contributed by atoms with E-state index in [1.54, 1.807) is 0 Å². The fourth-order valence-electron chi connectivity index (χ4n) is 2.17. The molecule has 2 rings (SSSR count). The molecule has 82 valence electrons. The van der Waals surface area contributed by atoms with Crippen LogP contribution in [-0.2, 0) is 10.2 Å². The van der Waals surface area contributed by atoms with Gasteiger partial charge in [-0.25, -0.2) is 0 Å². The molecule has 3 N–H and O–H groups in total. The summed E-state index contributed by atoms with van der Waals surface area (Å²) in [7, 11) is 0. The molecule has 0 saturated carbocycles. The van der Waals surface area contributed by atoms with E-state index in [-0.39, 0.29) is 12.0 Å². The number of anilines is 1. The number of rotatable bonds is 2. The van der Waals surface area contributed by atoms with E-state index < -0.39 is 0 Å². The minimum absolute atomic E-state index is 0.145. The van der Waals surface area contributed by atoms with Crippen LogP contribution >= 0.6 is 0 Å². The molecule has 0 aliphatic carbocycles. The highest BCUT2D eigenvalue weighted by atomic mass is 16.5. The third-order valence-corrected chi connectivity index (χ3v) is 3.25. The van der Waals surface area contributed by atoms with Gasteiger partial charge in [-0.05, 0) is 30.5 Å². The Morgan fingerprint density at radius 3 is 2.67 bits per heavy atom. The van der Waals surface area contributed by atoms with E-state index in [0.717, 1.165) is 37.3 Å². The van der Waals surface area contributed by atoms with E-state index >= 15 is 0 Å². The molecule has 0 amide bonds. The summed E-state index contributed by atoms with van der Waals surface area (Å²) in [6, 6.07) is 7.81. The highest BCUT2D eigenvalue weighted by molar-refractivity contribution is 5.43. The third kappa shape index (κ3) is 1.98. The normalized spacial score (nSPS) is 20.1. The topological polar surface area (TPSA) is 55.5 Å². The molecule has 0 bridgehead atoms. The number of ether oxygens (including phenoxy) is 1. The number of aliphatic hydroxyl groups is 1. The summed E-state index contributed by atoms with van der Waals surface area (Å²) in [6.45, 7) is 1.60. The first-order valence-corrected chi connectivity index (χ1v) is 5.31. The van der Waals surface area contributed by atoms with Crippen LogP contribution in [0.4, 0.5) is 5.69 Å². The van der Waals surface area contributed by atoms with Gasteiger partial charge < -0.3 is 15.6 Å². The van der Waals surface area contributed by atoms with E-state index in [4.69, 9.17) is 10.5 Å². The number of benzene rings is 1. The summed E-state index contributed by atoms with van der Waals surface area (Å²) in [6.07, 6.45) is 1.74. The lowest BCUT2D eigenvalue weighted by atomic mass is 9.75. The Morgan fingerprint density at radius 2 is 2.07 bits per heavy atom. The fourth-order valence-corrected chi connectivity index (χ4v) is 2.17. The Morgan fingerprint density at radius 1 is 1.33 bits per heavy atom. The molecule has 1 saturated heterocycles. The van der Waals surface area contributed by atoms with Gasteiger partial charge in [0.15, 0.2) is 0 Å². The lowest BCUT2D eigenvalue weighted by Gasteiger charge is -2.36. The lowest BCUT2D eigenvalue weighted by Crippen LogP contribution is -2.37. The van der Waals surface area contributed by atoms with Crippen molar-refractivity contribution in [2.45, 2.75) is 18.3 Å². The molecule has 0 radical (unpaired) electrons. The van der Waals surface area contributed by atoms with Crippen molar-refractivity contribution in [2.75, 3.05) is 25.6 Å². The Kier molecular flexibility index (Phi) is 2.93. The Hall–Kier alpha value is -1.06. The Labute approximate surface area is 89.9 Å². The number of aliphatic hydroxyl groups excluding tert-OH is 1. The predicted molar refractivity (Wildman–Crippen MR) is 59.7 cm³/mol. The highest BCUT2D eigenvalue weighted by Gasteiger charge is 2.33. The Balaban J connectivity index is 2.32. The van der Waals surface area contributed by atoms with Gasteiger partial charge >= 0.3 is 0 Å². The van der Waals surface area contributed by atoms with Crippen molar-refractivity contribution in [3.05, 3.63) is 29.8 Å². The van der Waals surface area contributed by atoms with Crippen LogP contribution in [0.2, 0.25) is 0 Å². The molecule has 3 nitrogen and oxygen atoms in total. The van der Waals surface area contributed by atoms with E-state index in [1.807, 2.05) is 24.3 Å². The van der Waals surface area contributed by atoms with Crippen molar-refractivity contribution in [1.29, 1.82) is 0 Å². The maximum atomic E-state index is 9.59. The molecule has 0 atom stereocenters. The first kappa shape index (κ1) is 10.5. The van der Waals surface area contributed by atoms with E-state index in [9.17, 15) is 5.11 Å². The van der Waals surface area contributed by atoms with Crippen LogP contribution in [0.5, 0.6) is 0 Å². The molecule has 1 aromatic carbocycles. The van der Waals surface area contributed by atoms with Gasteiger partial charge in [-0.1, -0.05) is 12.1 Å². The molecule has 1 aliphatic heterocycles. The second-order valence-electron chi connectivity index (χ2n) is 4.18. The van der Waals surface area contributed by atoms with Crippen LogP contribution in [0, 0.1) is 0 Å². The largest absolute Gasteiger partial charge is 0.399 e. The minimum atomic E-state index is -0.145. The number of hydrogen-bond acceptors (Lipinski definition) is 3. The molecule has 15 heavy (non-hydrogen) atoms. The maximum Gasteiger partial charge on any atom is 0.0529 e. The fraction of sp³-hybridized carbons (Fsp3) is 0.500. The average molecular weight is 207 g/mol. The van der Waals surface area contributed by atoms with Crippen LogP contribution in [0.3, 0.4) is 0 Å². The molecule has 1 aliphatic rings. The van der Waals surface area contributed by atoms with Gasteiger partial charge in [-0.15, -0.1) is 0 Å². The molecular weight excluding hydrogens is 190 g/mol. The summed E-state index contributed by atoms with van der Waals surface area (Å²) >= 11 is 0. The zero-order valence-electron chi connectivity index (χ0n) is 8.78. The first-order valence-electron chi connectivity index (χ1n) is 5.31. The van der Waals surface area contributed by atoms with Crippen LogP contribution in [0.15, 0.2) is 24.3 Å².